The van der Waals surface area contributed by atoms with Crippen molar-refractivity contribution in [3.63, 3.8) is 0 Å². The number of thiazole rings is 1. The summed E-state index contributed by atoms with van der Waals surface area (Å²) in [6.07, 6.45) is 1.95. The minimum atomic E-state index is -0.266. The number of rotatable bonds is 5. The van der Waals surface area contributed by atoms with Crippen LogP contribution in [-0.4, -0.2) is 16.0 Å². The first-order chi connectivity index (χ1) is 11.6. The third-order valence-corrected chi connectivity index (χ3v) is 4.62. The van der Waals surface area contributed by atoms with Crippen molar-refractivity contribution in [3.8, 4) is 5.75 Å². The fourth-order valence-corrected chi connectivity index (χ4v) is 3.19. The molecule has 2 aromatic carbocycles. The van der Waals surface area contributed by atoms with Crippen molar-refractivity contribution in [1.82, 2.24) is 10.3 Å². The van der Waals surface area contributed by atoms with Gasteiger partial charge in [0.15, 0.2) is 0 Å². The van der Waals surface area contributed by atoms with E-state index in [9.17, 15) is 9.90 Å². The van der Waals surface area contributed by atoms with Gasteiger partial charge in [-0.1, -0.05) is 42.5 Å². The maximum Gasteiger partial charge on any atom is 0.225 e. The van der Waals surface area contributed by atoms with E-state index in [4.69, 9.17) is 0 Å². The van der Waals surface area contributed by atoms with Gasteiger partial charge in [0.05, 0.1) is 6.42 Å². The summed E-state index contributed by atoms with van der Waals surface area (Å²) in [5.74, 6) is 0.0992. The van der Waals surface area contributed by atoms with E-state index in [0.29, 0.717) is 0 Å². The molecule has 0 unspecified atom stereocenters. The Morgan fingerprint density at radius 3 is 2.71 bits per heavy atom. The summed E-state index contributed by atoms with van der Waals surface area (Å²) in [4.78, 5) is 16.8. The monoisotopic (exact) mass is 338 g/mol. The highest BCUT2D eigenvalue weighted by molar-refractivity contribution is 7.09. The Morgan fingerprint density at radius 1 is 1.25 bits per heavy atom. The van der Waals surface area contributed by atoms with Gasteiger partial charge in [-0.2, -0.15) is 0 Å². The molecule has 4 nitrogen and oxygen atoms in total. The van der Waals surface area contributed by atoms with Crippen LogP contribution < -0.4 is 5.32 Å². The summed E-state index contributed by atoms with van der Waals surface area (Å²) >= 11 is 1.51. The minimum Gasteiger partial charge on any atom is -0.508 e. The molecule has 0 radical (unpaired) electrons. The van der Waals surface area contributed by atoms with Crippen LogP contribution in [0.3, 0.4) is 0 Å². The highest BCUT2D eigenvalue weighted by Crippen LogP contribution is 2.24. The molecule has 0 saturated carbocycles. The Morgan fingerprint density at radius 2 is 2.04 bits per heavy atom. The van der Waals surface area contributed by atoms with Crippen molar-refractivity contribution in [2.75, 3.05) is 0 Å². The van der Waals surface area contributed by atoms with Crippen LogP contribution in [0.4, 0.5) is 0 Å². The van der Waals surface area contributed by atoms with Gasteiger partial charge < -0.3 is 10.4 Å². The molecule has 0 bridgehead atoms. The Hall–Kier alpha value is -2.66. The van der Waals surface area contributed by atoms with E-state index >= 15 is 0 Å². The Labute approximate surface area is 144 Å². The zero-order valence-corrected chi connectivity index (χ0v) is 14.1. The number of hydrogen-bond acceptors (Lipinski definition) is 4. The quantitative estimate of drug-likeness (QED) is 0.747. The lowest BCUT2D eigenvalue weighted by molar-refractivity contribution is -0.120. The van der Waals surface area contributed by atoms with Gasteiger partial charge in [-0.25, -0.2) is 4.98 Å². The smallest absolute Gasteiger partial charge is 0.225 e. The van der Waals surface area contributed by atoms with Gasteiger partial charge in [-0.3, -0.25) is 4.79 Å². The molecular formula is C19H18N2O2S. The molecule has 0 spiro atoms. The zero-order valence-electron chi connectivity index (χ0n) is 13.3. The Balaban J connectivity index is 1.77. The van der Waals surface area contributed by atoms with Crippen molar-refractivity contribution >= 4 is 17.2 Å². The second-order valence-electron chi connectivity index (χ2n) is 5.58. The molecule has 0 saturated heterocycles. The summed E-state index contributed by atoms with van der Waals surface area (Å²) in [5.41, 5.74) is 2.57. The van der Waals surface area contributed by atoms with Crippen LogP contribution in [0.25, 0.3) is 0 Å². The predicted molar refractivity (Wildman–Crippen MR) is 95.1 cm³/mol. The maximum atomic E-state index is 12.5. The van der Waals surface area contributed by atoms with E-state index in [1.54, 1.807) is 12.3 Å². The molecule has 0 fully saturated rings. The SMILES string of the molecule is Cc1ccc(CC(=O)N[C@H](c2ccccc2)c2nccs2)cc1O. The number of hydrogen-bond donors (Lipinski definition) is 2. The standard InChI is InChI=1S/C19H18N2O2S/c1-13-7-8-14(11-16(13)22)12-17(23)21-18(19-20-9-10-24-19)15-5-3-2-4-6-15/h2-11,18,22H,12H2,1H3,(H,21,23)/t18-/m1/s1. The van der Waals surface area contributed by atoms with Crippen molar-refractivity contribution in [2.45, 2.75) is 19.4 Å². The van der Waals surface area contributed by atoms with Gasteiger partial charge in [0.25, 0.3) is 0 Å². The van der Waals surface area contributed by atoms with Crippen LogP contribution in [0.2, 0.25) is 0 Å². The molecule has 3 rings (SSSR count). The second-order valence-corrected chi connectivity index (χ2v) is 6.51. The first-order valence-electron chi connectivity index (χ1n) is 7.65. The Kier molecular flexibility index (Phi) is 4.91. The molecule has 1 heterocycles. The molecule has 1 aromatic heterocycles. The molecule has 0 aliphatic rings. The van der Waals surface area contributed by atoms with E-state index in [1.807, 2.05) is 54.8 Å². The van der Waals surface area contributed by atoms with Gasteiger partial charge >= 0.3 is 0 Å². The number of aromatic nitrogens is 1. The molecule has 2 N–H and O–H groups in total. The van der Waals surface area contributed by atoms with E-state index in [2.05, 4.69) is 10.3 Å². The molecule has 24 heavy (non-hydrogen) atoms. The summed E-state index contributed by atoms with van der Waals surface area (Å²) in [6, 6.07) is 14.8. The largest absolute Gasteiger partial charge is 0.508 e. The number of aromatic hydroxyl groups is 1. The van der Waals surface area contributed by atoms with Crippen LogP contribution in [0.5, 0.6) is 5.75 Å². The number of nitrogens with zero attached hydrogens (tertiary/aromatic N) is 1. The van der Waals surface area contributed by atoms with Crippen LogP contribution in [-0.2, 0) is 11.2 Å². The number of phenols is 1. The lowest BCUT2D eigenvalue weighted by atomic mass is 10.1. The molecule has 122 valence electrons. The molecule has 5 heteroatoms. The lowest BCUT2D eigenvalue weighted by Gasteiger charge is -2.17. The van der Waals surface area contributed by atoms with E-state index < -0.39 is 0 Å². The first-order valence-corrected chi connectivity index (χ1v) is 8.53. The first kappa shape index (κ1) is 16.2. The van der Waals surface area contributed by atoms with E-state index in [0.717, 1.165) is 21.7 Å². The normalized spacial score (nSPS) is 11.9. The number of aryl methyl sites for hydroxylation is 1. The summed E-state index contributed by atoms with van der Waals surface area (Å²) in [7, 11) is 0. The second kappa shape index (κ2) is 7.27. The van der Waals surface area contributed by atoms with Crippen LogP contribution >= 0.6 is 11.3 Å². The van der Waals surface area contributed by atoms with Gasteiger partial charge in [0.2, 0.25) is 5.91 Å². The van der Waals surface area contributed by atoms with Crippen molar-refractivity contribution in [2.24, 2.45) is 0 Å². The maximum absolute atomic E-state index is 12.5. The predicted octanol–water partition coefficient (Wildman–Crippen LogP) is 3.61. The number of carbonyl (C=O) groups is 1. The average molecular weight is 338 g/mol. The Bertz CT molecular complexity index is 817. The van der Waals surface area contributed by atoms with Gasteiger partial charge in [0.1, 0.15) is 16.8 Å². The molecule has 1 atom stereocenters. The van der Waals surface area contributed by atoms with Gasteiger partial charge in [-0.15, -0.1) is 11.3 Å². The van der Waals surface area contributed by atoms with Crippen LogP contribution in [0, 0.1) is 6.92 Å². The average Bonchev–Trinajstić information content (AvgIpc) is 3.11. The zero-order chi connectivity index (χ0) is 16.9. The molecule has 3 aromatic rings. The summed E-state index contributed by atoms with van der Waals surface area (Å²) in [6.45, 7) is 1.83. The van der Waals surface area contributed by atoms with E-state index in [-0.39, 0.29) is 24.1 Å². The van der Waals surface area contributed by atoms with Gasteiger partial charge in [-0.05, 0) is 29.7 Å². The van der Waals surface area contributed by atoms with Crippen LogP contribution in [0.1, 0.15) is 27.7 Å². The number of benzene rings is 2. The van der Waals surface area contributed by atoms with Crippen molar-refractivity contribution in [1.29, 1.82) is 0 Å². The minimum absolute atomic E-state index is 0.109. The number of phenolic OH excluding ortho intramolecular Hbond substituents is 1. The molecule has 1 amide bonds. The lowest BCUT2D eigenvalue weighted by Crippen LogP contribution is -2.30. The molecular weight excluding hydrogens is 320 g/mol. The fourth-order valence-electron chi connectivity index (χ4n) is 2.47. The topological polar surface area (TPSA) is 62.2 Å². The number of nitrogens with one attached hydrogen (secondary N) is 1. The highest BCUT2D eigenvalue weighted by atomic mass is 32.1. The summed E-state index contributed by atoms with van der Waals surface area (Å²) in [5, 5.41) is 15.6. The number of carbonyl (C=O) groups excluding carboxylic acids is 1. The van der Waals surface area contributed by atoms with Crippen molar-refractivity contribution < 1.29 is 9.90 Å². The third kappa shape index (κ3) is 3.81. The fraction of sp³-hybridized carbons (Fsp3) is 0.158. The summed E-state index contributed by atoms with van der Waals surface area (Å²) < 4.78 is 0. The van der Waals surface area contributed by atoms with Crippen LogP contribution in [0.15, 0.2) is 60.1 Å². The molecule has 0 aliphatic heterocycles. The van der Waals surface area contributed by atoms with E-state index in [1.165, 1.54) is 11.3 Å². The molecule has 0 aliphatic carbocycles. The van der Waals surface area contributed by atoms with Crippen molar-refractivity contribution in [3.05, 3.63) is 81.8 Å². The van der Waals surface area contributed by atoms with Gasteiger partial charge in [0, 0.05) is 11.6 Å². The number of amides is 1. The third-order valence-electron chi connectivity index (χ3n) is 3.77. The highest BCUT2D eigenvalue weighted by Gasteiger charge is 2.19.